The maximum absolute atomic E-state index is 13.7. The quantitative estimate of drug-likeness (QED) is 0.776. The van der Waals surface area contributed by atoms with Crippen LogP contribution in [-0.2, 0) is 9.31 Å². The summed E-state index contributed by atoms with van der Waals surface area (Å²) in [5, 5.41) is 0. The second kappa shape index (κ2) is 4.77. The number of hydrogen-bond donors (Lipinski definition) is 0. The van der Waals surface area contributed by atoms with Crippen molar-refractivity contribution in [3.8, 4) is 0 Å². The van der Waals surface area contributed by atoms with E-state index < -0.39 is 36.1 Å². The lowest BCUT2D eigenvalue weighted by Crippen LogP contribution is -2.41. The van der Waals surface area contributed by atoms with Crippen molar-refractivity contribution < 1.29 is 22.5 Å². The molecule has 0 aliphatic carbocycles. The van der Waals surface area contributed by atoms with Gasteiger partial charge >= 0.3 is 7.12 Å². The normalized spacial score (nSPS) is 20.8. The van der Waals surface area contributed by atoms with Gasteiger partial charge in [0.25, 0.3) is 6.43 Å². The van der Waals surface area contributed by atoms with Gasteiger partial charge in [-0.2, -0.15) is 0 Å². The van der Waals surface area contributed by atoms with Gasteiger partial charge in [-0.05, 0) is 52.2 Å². The van der Waals surface area contributed by atoms with Gasteiger partial charge in [0.1, 0.15) is 5.82 Å². The predicted molar refractivity (Wildman–Crippen MR) is 71.8 cm³/mol. The zero-order valence-electron chi connectivity index (χ0n) is 12.3. The van der Waals surface area contributed by atoms with Gasteiger partial charge in [0.05, 0.1) is 16.8 Å². The smallest absolute Gasteiger partial charge is 0.399 e. The Labute approximate surface area is 117 Å². The van der Waals surface area contributed by atoms with Gasteiger partial charge in [0, 0.05) is 0 Å². The van der Waals surface area contributed by atoms with Crippen LogP contribution in [0.15, 0.2) is 12.1 Å². The van der Waals surface area contributed by atoms with Gasteiger partial charge in [-0.3, -0.25) is 0 Å². The summed E-state index contributed by atoms with van der Waals surface area (Å²) in [6.45, 7) is 9.17. The van der Waals surface area contributed by atoms with Crippen LogP contribution in [0.5, 0.6) is 0 Å². The molecule has 0 aromatic heterocycles. The number of benzene rings is 1. The van der Waals surface area contributed by atoms with Crippen LogP contribution in [0.1, 0.15) is 45.2 Å². The first-order valence-corrected chi connectivity index (χ1v) is 6.49. The molecule has 1 aliphatic heterocycles. The molecular weight excluding hydrogens is 268 g/mol. The Kier molecular flexibility index (Phi) is 3.67. The molecule has 0 N–H and O–H groups in total. The Hall–Kier alpha value is -1.01. The molecule has 0 amide bonds. The summed E-state index contributed by atoms with van der Waals surface area (Å²) >= 11 is 0. The number of aryl methyl sites for hydroxylation is 1. The highest BCUT2D eigenvalue weighted by Gasteiger charge is 2.52. The third-order valence-electron chi connectivity index (χ3n) is 4.13. The number of hydrogen-bond acceptors (Lipinski definition) is 2. The van der Waals surface area contributed by atoms with Gasteiger partial charge in [-0.15, -0.1) is 0 Å². The van der Waals surface area contributed by atoms with E-state index in [0.717, 1.165) is 12.1 Å². The third kappa shape index (κ3) is 2.47. The highest BCUT2D eigenvalue weighted by atomic mass is 19.3. The van der Waals surface area contributed by atoms with Crippen molar-refractivity contribution in [2.75, 3.05) is 0 Å². The Morgan fingerprint density at radius 2 is 1.55 bits per heavy atom. The molecule has 0 radical (unpaired) electrons. The molecule has 1 aliphatic rings. The minimum atomic E-state index is -2.83. The molecule has 1 heterocycles. The monoisotopic (exact) mass is 286 g/mol. The third-order valence-corrected chi connectivity index (χ3v) is 4.13. The lowest BCUT2D eigenvalue weighted by molar-refractivity contribution is 0.00578. The van der Waals surface area contributed by atoms with Gasteiger partial charge in [0.2, 0.25) is 0 Å². The molecular formula is C14H18BF3O2. The van der Waals surface area contributed by atoms with Gasteiger partial charge in [0.15, 0.2) is 0 Å². The minimum absolute atomic E-state index is 0.450. The van der Waals surface area contributed by atoms with Crippen molar-refractivity contribution in [1.82, 2.24) is 0 Å². The second-order valence-corrected chi connectivity index (χ2v) is 6.12. The van der Waals surface area contributed by atoms with Crippen LogP contribution in [-0.4, -0.2) is 18.3 Å². The highest BCUT2D eigenvalue weighted by molar-refractivity contribution is 6.62. The second-order valence-electron chi connectivity index (χ2n) is 6.12. The fraction of sp³-hybridized carbons (Fsp3) is 0.571. The van der Waals surface area contributed by atoms with Crippen molar-refractivity contribution in [2.24, 2.45) is 0 Å². The molecule has 6 heteroatoms. The lowest BCUT2D eigenvalue weighted by Gasteiger charge is -2.32. The fourth-order valence-electron chi connectivity index (χ4n) is 2.11. The van der Waals surface area contributed by atoms with Crippen LogP contribution in [0.3, 0.4) is 0 Å². The average Bonchev–Trinajstić information content (AvgIpc) is 2.50. The molecule has 2 rings (SSSR count). The summed E-state index contributed by atoms with van der Waals surface area (Å²) in [4.78, 5) is 0. The van der Waals surface area contributed by atoms with Crippen molar-refractivity contribution in [2.45, 2.75) is 52.2 Å². The van der Waals surface area contributed by atoms with Gasteiger partial charge in [-0.1, -0.05) is 5.56 Å². The van der Waals surface area contributed by atoms with Crippen LogP contribution in [0.4, 0.5) is 13.2 Å². The van der Waals surface area contributed by atoms with Crippen LogP contribution < -0.4 is 5.46 Å². The summed E-state index contributed by atoms with van der Waals surface area (Å²) in [5.41, 5.74) is -0.724. The van der Waals surface area contributed by atoms with E-state index in [1.807, 2.05) is 27.7 Å². The molecule has 0 bridgehead atoms. The fourth-order valence-corrected chi connectivity index (χ4v) is 2.11. The number of alkyl halides is 2. The van der Waals surface area contributed by atoms with E-state index in [9.17, 15) is 13.2 Å². The zero-order valence-corrected chi connectivity index (χ0v) is 12.3. The standard InChI is InChI=1S/C14H18BF3O2/c1-8-6-9(12(17)18)11(16)7-10(8)15-19-13(2,3)14(4,5)20-15/h6-7,12H,1-5H3. The molecule has 1 aromatic rings. The Balaban J connectivity index is 2.39. The molecule has 0 spiro atoms. The minimum Gasteiger partial charge on any atom is -0.399 e. The van der Waals surface area contributed by atoms with Crippen LogP contribution in [0, 0.1) is 12.7 Å². The zero-order chi connectivity index (χ0) is 15.3. The lowest BCUT2D eigenvalue weighted by atomic mass is 9.75. The molecule has 110 valence electrons. The molecule has 0 unspecified atom stereocenters. The van der Waals surface area contributed by atoms with Crippen LogP contribution >= 0.6 is 0 Å². The maximum atomic E-state index is 13.7. The van der Waals surface area contributed by atoms with Crippen molar-refractivity contribution in [3.63, 3.8) is 0 Å². The first-order chi connectivity index (χ1) is 9.05. The average molecular weight is 286 g/mol. The first-order valence-electron chi connectivity index (χ1n) is 6.49. The van der Waals surface area contributed by atoms with E-state index in [0.29, 0.717) is 11.0 Å². The SMILES string of the molecule is Cc1cc(C(F)F)c(F)cc1B1OC(C)(C)C(C)(C)O1. The van der Waals surface area contributed by atoms with E-state index in [1.54, 1.807) is 6.92 Å². The molecule has 1 fully saturated rings. The van der Waals surface area contributed by atoms with Crippen LogP contribution in [0.25, 0.3) is 0 Å². The maximum Gasteiger partial charge on any atom is 0.495 e. The van der Waals surface area contributed by atoms with Crippen molar-refractivity contribution in [1.29, 1.82) is 0 Å². The Morgan fingerprint density at radius 1 is 1.05 bits per heavy atom. The summed E-state index contributed by atoms with van der Waals surface area (Å²) in [6, 6.07) is 2.24. The Morgan fingerprint density at radius 3 is 2.00 bits per heavy atom. The molecule has 0 saturated carbocycles. The molecule has 1 aromatic carbocycles. The molecule has 0 atom stereocenters. The van der Waals surface area contributed by atoms with E-state index in [-0.39, 0.29) is 0 Å². The summed E-state index contributed by atoms with van der Waals surface area (Å²) in [6.07, 6.45) is -2.83. The van der Waals surface area contributed by atoms with Gasteiger partial charge < -0.3 is 9.31 Å². The predicted octanol–water partition coefficient (Wildman–Crippen LogP) is 3.37. The van der Waals surface area contributed by atoms with Gasteiger partial charge in [-0.25, -0.2) is 13.2 Å². The van der Waals surface area contributed by atoms with E-state index in [4.69, 9.17) is 9.31 Å². The number of rotatable bonds is 2. The Bertz CT molecular complexity index is 513. The molecule has 2 nitrogen and oxygen atoms in total. The summed E-state index contributed by atoms with van der Waals surface area (Å²) in [5.74, 6) is -0.935. The van der Waals surface area contributed by atoms with E-state index in [2.05, 4.69) is 0 Å². The van der Waals surface area contributed by atoms with Crippen LogP contribution in [0.2, 0.25) is 0 Å². The van der Waals surface area contributed by atoms with Crippen molar-refractivity contribution in [3.05, 3.63) is 29.1 Å². The largest absolute Gasteiger partial charge is 0.495 e. The van der Waals surface area contributed by atoms with E-state index in [1.165, 1.54) is 0 Å². The molecule has 1 saturated heterocycles. The summed E-state index contributed by atoms with van der Waals surface area (Å²) < 4.78 is 50.7. The highest BCUT2D eigenvalue weighted by Crippen LogP contribution is 2.37. The summed E-state index contributed by atoms with van der Waals surface area (Å²) in [7, 11) is -0.749. The molecule has 20 heavy (non-hydrogen) atoms. The van der Waals surface area contributed by atoms with Crippen molar-refractivity contribution >= 4 is 12.6 Å². The van der Waals surface area contributed by atoms with E-state index >= 15 is 0 Å². The first kappa shape index (κ1) is 15.4. The topological polar surface area (TPSA) is 18.5 Å². The number of halogens is 3.